The van der Waals surface area contributed by atoms with Gasteiger partial charge in [-0.1, -0.05) is 12.1 Å². The first kappa shape index (κ1) is 15.9. The number of nitrogen functional groups attached to an aromatic ring is 1. The normalized spacial score (nSPS) is 11.5. The van der Waals surface area contributed by atoms with Crippen LogP contribution in [-0.4, -0.2) is 11.1 Å². The lowest BCUT2D eigenvalue weighted by Crippen LogP contribution is -2.10. The van der Waals surface area contributed by atoms with Crippen molar-refractivity contribution in [1.29, 1.82) is 0 Å². The Morgan fingerprint density at radius 3 is 2.50 bits per heavy atom. The van der Waals surface area contributed by atoms with Crippen molar-refractivity contribution in [2.45, 2.75) is 26.1 Å². The molecular formula is C15H16F3N3O. The number of aromatic nitrogens is 1. The third kappa shape index (κ3) is 3.81. The van der Waals surface area contributed by atoms with Crippen LogP contribution in [0, 0.1) is 0 Å². The Bertz CT molecular complexity index is 657. The monoisotopic (exact) mass is 311 g/mol. The smallest absolute Gasteiger partial charge is 0.417 e. The highest BCUT2D eigenvalue weighted by Gasteiger charge is 2.31. The van der Waals surface area contributed by atoms with Crippen LogP contribution in [0.3, 0.4) is 0 Å². The van der Waals surface area contributed by atoms with Gasteiger partial charge in [0.2, 0.25) is 0 Å². The molecule has 0 saturated heterocycles. The molecule has 0 aliphatic heterocycles. The fraction of sp³-hybridized carbons (Fsp3) is 0.267. The molecule has 0 spiro atoms. The summed E-state index contributed by atoms with van der Waals surface area (Å²) in [5.74, 6) is 0.502. The largest absolute Gasteiger partial charge is 0.489 e. The summed E-state index contributed by atoms with van der Waals surface area (Å²) < 4.78 is 43.9. The lowest BCUT2D eigenvalue weighted by Gasteiger charge is -2.17. The van der Waals surface area contributed by atoms with Crippen molar-refractivity contribution in [3.63, 3.8) is 0 Å². The molecule has 22 heavy (non-hydrogen) atoms. The Hall–Kier alpha value is -2.44. The Kier molecular flexibility index (Phi) is 4.44. The minimum Gasteiger partial charge on any atom is -0.489 e. The Morgan fingerprint density at radius 2 is 1.86 bits per heavy atom. The maximum Gasteiger partial charge on any atom is 0.417 e. The van der Waals surface area contributed by atoms with E-state index in [1.807, 2.05) is 13.8 Å². The van der Waals surface area contributed by atoms with E-state index in [0.717, 1.165) is 6.07 Å². The topological polar surface area (TPSA) is 60.2 Å². The molecule has 1 aromatic carbocycles. The Labute approximate surface area is 126 Å². The fourth-order valence-corrected chi connectivity index (χ4v) is 1.80. The second-order valence-electron chi connectivity index (χ2n) is 4.94. The third-order valence-electron chi connectivity index (χ3n) is 2.76. The molecule has 0 fully saturated rings. The number of alkyl halides is 3. The summed E-state index contributed by atoms with van der Waals surface area (Å²) in [5.41, 5.74) is 5.38. The van der Waals surface area contributed by atoms with Crippen LogP contribution in [0.5, 0.6) is 5.75 Å². The molecule has 0 aliphatic carbocycles. The number of rotatable bonds is 4. The molecule has 1 heterocycles. The van der Waals surface area contributed by atoms with Crippen LogP contribution >= 0.6 is 0 Å². The maximum absolute atomic E-state index is 12.8. The van der Waals surface area contributed by atoms with Gasteiger partial charge >= 0.3 is 6.18 Å². The molecule has 0 saturated carbocycles. The zero-order chi connectivity index (χ0) is 16.3. The van der Waals surface area contributed by atoms with Crippen molar-refractivity contribution >= 4 is 17.2 Å². The second kappa shape index (κ2) is 6.13. The Morgan fingerprint density at radius 1 is 1.18 bits per heavy atom. The van der Waals surface area contributed by atoms with Crippen molar-refractivity contribution in [2.75, 3.05) is 11.1 Å². The highest BCUT2D eigenvalue weighted by atomic mass is 19.4. The van der Waals surface area contributed by atoms with Gasteiger partial charge in [-0.25, -0.2) is 4.98 Å². The number of para-hydroxylation sites is 2. The zero-order valence-corrected chi connectivity index (χ0v) is 12.1. The number of nitrogens with one attached hydrogen (secondary N) is 1. The van der Waals surface area contributed by atoms with Gasteiger partial charge in [-0.2, -0.15) is 13.2 Å². The molecule has 0 unspecified atom stereocenters. The van der Waals surface area contributed by atoms with Crippen LogP contribution in [-0.2, 0) is 6.18 Å². The van der Waals surface area contributed by atoms with Crippen LogP contribution in [0.1, 0.15) is 19.4 Å². The van der Waals surface area contributed by atoms with E-state index in [1.165, 1.54) is 0 Å². The lowest BCUT2D eigenvalue weighted by atomic mass is 10.2. The SMILES string of the molecule is CC(C)Oc1ccccc1Nc1cc(C(F)(F)F)cnc1N. The molecule has 7 heteroatoms. The first-order valence-corrected chi connectivity index (χ1v) is 6.63. The van der Waals surface area contributed by atoms with Crippen LogP contribution in [0.4, 0.5) is 30.4 Å². The highest BCUT2D eigenvalue weighted by Crippen LogP contribution is 2.34. The van der Waals surface area contributed by atoms with E-state index < -0.39 is 11.7 Å². The van der Waals surface area contributed by atoms with Gasteiger partial charge in [-0.05, 0) is 32.0 Å². The van der Waals surface area contributed by atoms with Gasteiger partial charge in [0.25, 0.3) is 0 Å². The first-order valence-electron chi connectivity index (χ1n) is 6.63. The number of benzene rings is 1. The molecule has 2 aromatic rings. The molecule has 0 radical (unpaired) electrons. The van der Waals surface area contributed by atoms with Crippen molar-refractivity contribution in [3.05, 3.63) is 42.1 Å². The van der Waals surface area contributed by atoms with E-state index in [2.05, 4.69) is 10.3 Å². The molecule has 2 rings (SSSR count). The number of nitrogens with zero attached hydrogens (tertiary/aromatic N) is 1. The molecule has 4 nitrogen and oxygen atoms in total. The molecule has 118 valence electrons. The van der Waals surface area contributed by atoms with Crippen LogP contribution < -0.4 is 15.8 Å². The van der Waals surface area contributed by atoms with Crippen molar-refractivity contribution in [3.8, 4) is 5.75 Å². The highest BCUT2D eigenvalue weighted by molar-refractivity contribution is 5.73. The maximum atomic E-state index is 12.8. The molecule has 1 aromatic heterocycles. The van der Waals surface area contributed by atoms with Gasteiger partial charge in [0.15, 0.2) is 0 Å². The average molecular weight is 311 g/mol. The summed E-state index contributed by atoms with van der Waals surface area (Å²) >= 11 is 0. The summed E-state index contributed by atoms with van der Waals surface area (Å²) in [5, 5.41) is 2.85. The molecular weight excluding hydrogens is 295 g/mol. The number of nitrogens with two attached hydrogens (primary N) is 1. The van der Waals surface area contributed by atoms with E-state index in [0.29, 0.717) is 17.6 Å². The quantitative estimate of drug-likeness (QED) is 0.888. The molecule has 0 atom stereocenters. The van der Waals surface area contributed by atoms with Crippen LogP contribution in [0.15, 0.2) is 36.5 Å². The van der Waals surface area contributed by atoms with E-state index in [1.54, 1.807) is 24.3 Å². The van der Waals surface area contributed by atoms with Crippen molar-refractivity contribution < 1.29 is 17.9 Å². The van der Waals surface area contributed by atoms with Crippen molar-refractivity contribution in [2.24, 2.45) is 0 Å². The summed E-state index contributed by atoms with van der Waals surface area (Å²) in [7, 11) is 0. The fourth-order valence-electron chi connectivity index (χ4n) is 1.80. The number of hydrogen-bond donors (Lipinski definition) is 2. The van der Waals surface area contributed by atoms with Gasteiger partial charge < -0.3 is 15.8 Å². The van der Waals surface area contributed by atoms with Crippen LogP contribution in [0.25, 0.3) is 0 Å². The minimum absolute atomic E-state index is 0.0210. The average Bonchev–Trinajstić information content (AvgIpc) is 2.41. The number of ether oxygens (including phenoxy) is 1. The zero-order valence-electron chi connectivity index (χ0n) is 12.1. The number of halogens is 3. The van der Waals surface area contributed by atoms with Gasteiger partial charge in [0.1, 0.15) is 11.6 Å². The standard InChI is InChI=1S/C15H16F3N3O/c1-9(2)22-13-6-4-3-5-11(13)21-12-7-10(15(16,17)18)8-20-14(12)19/h3-9,21H,1-2H3,(H2,19,20). The van der Waals surface area contributed by atoms with E-state index in [4.69, 9.17) is 10.5 Å². The van der Waals surface area contributed by atoms with Crippen molar-refractivity contribution in [1.82, 2.24) is 4.98 Å². The first-order chi connectivity index (χ1) is 10.3. The van der Waals surface area contributed by atoms with Crippen LogP contribution in [0.2, 0.25) is 0 Å². The molecule has 0 bridgehead atoms. The Balaban J connectivity index is 2.35. The minimum atomic E-state index is -4.48. The van der Waals surface area contributed by atoms with Gasteiger partial charge in [0.05, 0.1) is 23.0 Å². The summed E-state index contributed by atoms with van der Waals surface area (Å²) in [6.07, 6.45) is -3.85. The summed E-state index contributed by atoms with van der Waals surface area (Å²) in [6, 6.07) is 7.86. The number of hydrogen-bond acceptors (Lipinski definition) is 4. The second-order valence-corrected chi connectivity index (χ2v) is 4.94. The summed E-state index contributed by atoms with van der Waals surface area (Å²) in [6.45, 7) is 3.72. The van der Waals surface area contributed by atoms with E-state index in [9.17, 15) is 13.2 Å². The summed E-state index contributed by atoms with van der Waals surface area (Å²) in [4.78, 5) is 3.59. The van der Waals surface area contributed by atoms with Gasteiger partial charge in [-0.15, -0.1) is 0 Å². The number of pyridine rings is 1. The predicted octanol–water partition coefficient (Wildman–Crippen LogP) is 4.21. The van der Waals surface area contributed by atoms with Gasteiger partial charge in [0, 0.05) is 6.20 Å². The van der Waals surface area contributed by atoms with E-state index in [-0.39, 0.29) is 17.6 Å². The lowest BCUT2D eigenvalue weighted by molar-refractivity contribution is -0.137. The molecule has 3 N–H and O–H groups in total. The third-order valence-corrected chi connectivity index (χ3v) is 2.76. The van der Waals surface area contributed by atoms with E-state index >= 15 is 0 Å². The number of anilines is 3. The predicted molar refractivity (Wildman–Crippen MR) is 79.1 cm³/mol. The molecule has 0 aliphatic rings. The van der Waals surface area contributed by atoms with Gasteiger partial charge in [-0.3, -0.25) is 0 Å². The molecule has 0 amide bonds.